The molecule has 0 aliphatic carbocycles. The highest BCUT2D eigenvalue weighted by Crippen LogP contribution is 2.24. The normalized spacial score (nSPS) is 13.3. The van der Waals surface area contributed by atoms with Crippen molar-refractivity contribution in [2.24, 2.45) is 0 Å². The molecule has 1 N–H and O–H groups in total. The zero-order valence-electron chi connectivity index (χ0n) is 13.1. The minimum atomic E-state index is -0.414. The number of benzene rings is 2. The average molecular weight is 300 g/mol. The van der Waals surface area contributed by atoms with Crippen molar-refractivity contribution in [2.45, 2.75) is 18.9 Å². The molecule has 2 rings (SSSR count). The first-order valence-corrected chi connectivity index (χ1v) is 7.27. The molecule has 2 aromatic carbocycles. The fourth-order valence-electron chi connectivity index (χ4n) is 2.35. The van der Waals surface area contributed by atoms with Crippen molar-refractivity contribution in [3.63, 3.8) is 0 Å². The van der Waals surface area contributed by atoms with Crippen LogP contribution in [0.1, 0.15) is 18.4 Å². The van der Waals surface area contributed by atoms with Crippen molar-refractivity contribution in [3.05, 3.63) is 66.0 Å². The topological polar surface area (TPSA) is 32.3 Å². The van der Waals surface area contributed by atoms with E-state index < -0.39 is 6.04 Å². The van der Waals surface area contributed by atoms with Crippen LogP contribution in [0.25, 0.3) is 0 Å². The number of hydrogen-bond acceptors (Lipinski definition) is 2. The monoisotopic (exact) mass is 300 g/mol. The lowest BCUT2D eigenvalue weighted by Crippen LogP contribution is -2.42. The van der Waals surface area contributed by atoms with E-state index in [0.29, 0.717) is 0 Å². The van der Waals surface area contributed by atoms with Crippen LogP contribution < -0.4 is 5.32 Å². The molecule has 0 aliphatic heterocycles. The van der Waals surface area contributed by atoms with Gasteiger partial charge >= 0.3 is 0 Å². The van der Waals surface area contributed by atoms with E-state index in [9.17, 15) is 9.18 Å². The van der Waals surface area contributed by atoms with Crippen molar-refractivity contribution in [3.8, 4) is 0 Å². The molecular formula is C18H21FN2O. The maximum atomic E-state index is 13.1. The van der Waals surface area contributed by atoms with E-state index in [1.54, 1.807) is 31.1 Å². The van der Waals surface area contributed by atoms with Gasteiger partial charge < -0.3 is 10.2 Å². The summed E-state index contributed by atoms with van der Waals surface area (Å²) < 4.78 is 13.1. The minimum absolute atomic E-state index is 0.0133. The van der Waals surface area contributed by atoms with Crippen LogP contribution in [0.5, 0.6) is 0 Å². The Bertz CT molecular complexity index is 611. The van der Waals surface area contributed by atoms with Crippen LogP contribution in [0.3, 0.4) is 0 Å². The number of para-hydroxylation sites is 1. The number of nitrogens with zero attached hydrogens (tertiary/aromatic N) is 1. The molecule has 2 aromatic rings. The second kappa shape index (κ2) is 7.07. The lowest BCUT2D eigenvalue weighted by Gasteiger charge is -2.28. The van der Waals surface area contributed by atoms with Gasteiger partial charge in [0.25, 0.3) is 0 Å². The lowest BCUT2D eigenvalue weighted by molar-refractivity contribution is -0.129. The second-order valence-electron chi connectivity index (χ2n) is 5.56. The van der Waals surface area contributed by atoms with E-state index in [2.05, 4.69) is 5.32 Å². The molecule has 0 spiro atoms. The highest BCUT2D eigenvalue weighted by molar-refractivity contribution is 5.85. The molecule has 2 atom stereocenters. The number of anilines is 1. The Hall–Kier alpha value is -2.36. The Morgan fingerprint density at radius 2 is 1.64 bits per heavy atom. The summed E-state index contributed by atoms with van der Waals surface area (Å²) in [4.78, 5) is 14.1. The first-order valence-electron chi connectivity index (χ1n) is 7.27. The van der Waals surface area contributed by atoms with E-state index in [1.807, 2.05) is 37.3 Å². The van der Waals surface area contributed by atoms with Gasteiger partial charge in [-0.2, -0.15) is 0 Å². The molecular weight excluding hydrogens is 279 g/mol. The lowest BCUT2D eigenvalue weighted by atomic mass is 9.92. The molecule has 116 valence electrons. The fraction of sp³-hybridized carbons (Fsp3) is 0.278. The van der Waals surface area contributed by atoms with Gasteiger partial charge in [0.2, 0.25) is 5.91 Å². The smallest absolute Gasteiger partial charge is 0.245 e. The standard InChI is InChI=1S/C18H21FN2O/c1-13(14-9-11-15(19)12-10-14)17(18(22)21(2)3)20-16-7-5-4-6-8-16/h4-13,17,20H,1-3H3/t13-,17-/m0/s1. The number of nitrogens with one attached hydrogen (secondary N) is 1. The zero-order valence-corrected chi connectivity index (χ0v) is 13.1. The molecule has 1 amide bonds. The molecule has 0 saturated carbocycles. The summed E-state index contributed by atoms with van der Waals surface area (Å²) in [6.45, 7) is 1.97. The number of amides is 1. The van der Waals surface area contributed by atoms with E-state index in [0.717, 1.165) is 11.3 Å². The summed E-state index contributed by atoms with van der Waals surface area (Å²) in [6, 6.07) is 15.5. The number of likely N-dealkylation sites (N-methyl/N-ethyl adjacent to an activating group) is 1. The summed E-state index contributed by atoms with van der Waals surface area (Å²) in [7, 11) is 3.47. The van der Waals surface area contributed by atoms with E-state index in [4.69, 9.17) is 0 Å². The van der Waals surface area contributed by atoms with Crippen LogP contribution >= 0.6 is 0 Å². The maximum Gasteiger partial charge on any atom is 0.245 e. The number of carbonyl (C=O) groups is 1. The summed E-state index contributed by atoms with van der Waals surface area (Å²) in [5.41, 5.74) is 1.81. The van der Waals surface area contributed by atoms with Gasteiger partial charge in [0.05, 0.1) is 0 Å². The summed E-state index contributed by atoms with van der Waals surface area (Å²) >= 11 is 0. The predicted molar refractivity (Wildman–Crippen MR) is 87.4 cm³/mol. The zero-order chi connectivity index (χ0) is 16.1. The summed E-state index contributed by atoms with van der Waals surface area (Å²) in [6.07, 6.45) is 0. The van der Waals surface area contributed by atoms with Gasteiger partial charge in [0.1, 0.15) is 11.9 Å². The molecule has 0 unspecified atom stereocenters. The highest BCUT2D eigenvalue weighted by Gasteiger charge is 2.27. The number of hydrogen-bond donors (Lipinski definition) is 1. The van der Waals surface area contributed by atoms with Crippen LogP contribution in [0, 0.1) is 5.82 Å². The molecule has 0 radical (unpaired) electrons. The van der Waals surface area contributed by atoms with Crippen LogP contribution in [-0.4, -0.2) is 30.9 Å². The Morgan fingerprint density at radius 1 is 1.05 bits per heavy atom. The number of carbonyl (C=O) groups excluding carboxylic acids is 1. The molecule has 22 heavy (non-hydrogen) atoms. The first kappa shape index (κ1) is 16.0. The highest BCUT2D eigenvalue weighted by atomic mass is 19.1. The molecule has 0 bridgehead atoms. The van der Waals surface area contributed by atoms with E-state index in [-0.39, 0.29) is 17.6 Å². The van der Waals surface area contributed by atoms with Crippen molar-refractivity contribution >= 4 is 11.6 Å². The Kier molecular flexibility index (Phi) is 5.15. The SMILES string of the molecule is C[C@@H](c1ccc(F)cc1)[C@H](Nc1ccccc1)C(=O)N(C)C. The van der Waals surface area contributed by atoms with Crippen LogP contribution in [0.2, 0.25) is 0 Å². The number of halogens is 1. The third-order valence-corrected chi connectivity index (χ3v) is 3.70. The van der Waals surface area contributed by atoms with Gasteiger partial charge in [-0.1, -0.05) is 37.3 Å². The molecule has 0 aliphatic rings. The van der Waals surface area contributed by atoms with Gasteiger partial charge in [-0.05, 0) is 29.8 Å². The van der Waals surface area contributed by atoms with Gasteiger partial charge in [-0.15, -0.1) is 0 Å². The fourth-order valence-corrected chi connectivity index (χ4v) is 2.35. The molecule has 0 aromatic heterocycles. The Balaban J connectivity index is 2.27. The van der Waals surface area contributed by atoms with Crippen LogP contribution in [0.15, 0.2) is 54.6 Å². The molecule has 0 heterocycles. The maximum absolute atomic E-state index is 13.1. The molecule has 4 heteroatoms. The minimum Gasteiger partial charge on any atom is -0.373 e. The van der Waals surface area contributed by atoms with Crippen molar-refractivity contribution < 1.29 is 9.18 Å². The first-order chi connectivity index (χ1) is 10.5. The molecule has 0 saturated heterocycles. The Morgan fingerprint density at radius 3 is 2.18 bits per heavy atom. The van der Waals surface area contributed by atoms with Crippen LogP contribution in [0.4, 0.5) is 10.1 Å². The predicted octanol–water partition coefficient (Wildman–Crippen LogP) is 3.50. The van der Waals surface area contributed by atoms with Crippen LogP contribution in [-0.2, 0) is 4.79 Å². The third kappa shape index (κ3) is 3.85. The summed E-state index contributed by atoms with van der Waals surface area (Å²) in [5.74, 6) is -0.376. The van der Waals surface area contributed by atoms with Crippen molar-refractivity contribution in [1.29, 1.82) is 0 Å². The average Bonchev–Trinajstić information content (AvgIpc) is 2.53. The van der Waals surface area contributed by atoms with E-state index in [1.165, 1.54) is 12.1 Å². The van der Waals surface area contributed by atoms with Gasteiger partial charge in [0.15, 0.2) is 0 Å². The quantitative estimate of drug-likeness (QED) is 0.916. The van der Waals surface area contributed by atoms with Gasteiger partial charge in [0, 0.05) is 25.7 Å². The molecule has 0 fully saturated rings. The van der Waals surface area contributed by atoms with Crippen molar-refractivity contribution in [2.75, 3.05) is 19.4 Å². The largest absolute Gasteiger partial charge is 0.373 e. The van der Waals surface area contributed by atoms with E-state index >= 15 is 0 Å². The summed E-state index contributed by atoms with van der Waals surface area (Å²) in [5, 5.41) is 3.29. The Labute approximate surface area is 130 Å². The number of rotatable bonds is 5. The third-order valence-electron chi connectivity index (χ3n) is 3.70. The molecule has 3 nitrogen and oxygen atoms in total. The second-order valence-corrected chi connectivity index (χ2v) is 5.56. The van der Waals surface area contributed by atoms with Gasteiger partial charge in [-0.25, -0.2) is 4.39 Å². The van der Waals surface area contributed by atoms with Gasteiger partial charge in [-0.3, -0.25) is 4.79 Å². The van der Waals surface area contributed by atoms with Crippen molar-refractivity contribution in [1.82, 2.24) is 4.90 Å².